The predicted octanol–water partition coefficient (Wildman–Crippen LogP) is 7.63. The van der Waals surface area contributed by atoms with E-state index in [1.165, 1.54) is 72.4 Å². The number of pyridine rings is 1. The van der Waals surface area contributed by atoms with Gasteiger partial charge in [-0.1, -0.05) is 103 Å². The molecule has 0 saturated heterocycles. The van der Waals surface area contributed by atoms with E-state index in [4.69, 9.17) is 0 Å². The molecule has 3 heteroatoms. The molecule has 2 aliphatic rings. The molecule has 6 aromatic rings. The van der Waals surface area contributed by atoms with Gasteiger partial charge in [0.2, 0.25) is 0 Å². The number of hydrogen-bond donors (Lipinski definition) is 0. The van der Waals surface area contributed by atoms with Gasteiger partial charge in [-0.05, 0) is 69.4 Å². The molecular weight excluding hydrogens is 471 g/mol. The quantitative estimate of drug-likeness (QED) is 0.229. The molecule has 0 saturated carbocycles. The van der Waals surface area contributed by atoms with Crippen molar-refractivity contribution in [2.75, 3.05) is 4.81 Å². The highest BCUT2D eigenvalue weighted by Crippen LogP contribution is 2.45. The summed E-state index contributed by atoms with van der Waals surface area (Å²) in [6.07, 6.45) is 3.80. The van der Waals surface area contributed by atoms with Crippen molar-refractivity contribution < 1.29 is 0 Å². The lowest BCUT2D eigenvalue weighted by molar-refractivity contribution is 1.29. The third-order valence-corrected chi connectivity index (χ3v) is 8.34. The molecule has 2 aliphatic heterocycles. The van der Waals surface area contributed by atoms with E-state index in [9.17, 15) is 0 Å². The summed E-state index contributed by atoms with van der Waals surface area (Å²) in [4.78, 5) is 6.89. The first kappa shape index (κ1) is 22.1. The zero-order valence-electron chi connectivity index (χ0n) is 21.7. The number of fused-ring (bicyclic) bond motifs is 11. The molecule has 3 heterocycles. The van der Waals surface area contributed by atoms with E-state index < -0.39 is 0 Å². The van der Waals surface area contributed by atoms with Crippen LogP contribution in [-0.4, -0.2) is 11.8 Å². The summed E-state index contributed by atoms with van der Waals surface area (Å²) < 4.78 is 0. The SMILES string of the molecule is Cc1ccncc1-c1ccc(-c2ccc3c(c2)B2c4ccccc4-c4ccccc4N2c2ccccc2-3)cc1. The summed E-state index contributed by atoms with van der Waals surface area (Å²) in [5.41, 5.74) is 16.5. The van der Waals surface area contributed by atoms with Gasteiger partial charge in [0.25, 0.3) is 0 Å². The number of benzene rings is 5. The lowest BCUT2D eigenvalue weighted by Crippen LogP contribution is -2.59. The largest absolute Gasteiger partial charge is 0.376 e. The van der Waals surface area contributed by atoms with Crippen LogP contribution in [0, 0.1) is 6.92 Å². The van der Waals surface area contributed by atoms with E-state index in [1.807, 2.05) is 12.4 Å². The smallest absolute Gasteiger partial charge is 0.329 e. The van der Waals surface area contributed by atoms with E-state index in [0.717, 1.165) is 0 Å². The highest BCUT2D eigenvalue weighted by Gasteiger charge is 2.41. The Labute approximate surface area is 229 Å². The van der Waals surface area contributed by atoms with Crippen molar-refractivity contribution >= 4 is 29.1 Å². The molecule has 5 aromatic carbocycles. The molecule has 0 radical (unpaired) electrons. The average molecular weight is 496 g/mol. The Morgan fingerprint density at radius 1 is 0.513 bits per heavy atom. The molecule has 8 rings (SSSR count). The molecular formula is C36H25BN2. The minimum atomic E-state index is 0.110. The van der Waals surface area contributed by atoms with Crippen LogP contribution in [0.3, 0.4) is 0 Å². The first-order chi connectivity index (χ1) is 19.3. The number of rotatable bonds is 2. The lowest BCUT2D eigenvalue weighted by atomic mass is 9.43. The van der Waals surface area contributed by atoms with Crippen LogP contribution in [0.5, 0.6) is 0 Å². The summed E-state index contributed by atoms with van der Waals surface area (Å²) in [5.74, 6) is 0. The fraction of sp³-hybridized carbons (Fsp3) is 0.0278. The van der Waals surface area contributed by atoms with Gasteiger partial charge in [-0.3, -0.25) is 4.98 Å². The minimum Gasteiger partial charge on any atom is -0.376 e. The summed E-state index contributed by atoms with van der Waals surface area (Å²) >= 11 is 0. The summed E-state index contributed by atoms with van der Waals surface area (Å²) in [7, 11) is 0. The van der Waals surface area contributed by atoms with Gasteiger partial charge in [-0.2, -0.15) is 0 Å². The van der Waals surface area contributed by atoms with E-state index in [-0.39, 0.29) is 6.85 Å². The molecule has 2 nitrogen and oxygen atoms in total. The van der Waals surface area contributed by atoms with Crippen LogP contribution in [0.25, 0.3) is 44.5 Å². The molecule has 0 spiro atoms. The second-order valence-corrected chi connectivity index (χ2v) is 10.5. The van der Waals surface area contributed by atoms with Gasteiger partial charge in [0.15, 0.2) is 0 Å². The maximum Gasteiger partial charge on any atom is 0.329 e. The standard InChI is InChI=1S/C36H25BN2/c1-24-20-21-38-23-32(24)26-16-14-25(15-17-26)27-18-19-29-31-10-4-7-13-36(31)39-35-12-6-3-9-30(35)28-8-2-5-11-33(28)37(39)34(29)22-27/h2-23H,1H3. The van der Waals surface area contributed by atoms with Gasteiger partial charge in [0.1, 0.15) is 0 Å². The zero-order chi connectivity index (χ0) is 25.9. The Balaban J connectivity index is 1.32. The second-order valence-electron chi connectivity index (χ2n) is 10.5. The number of nitrogens with zero attached hydrogens (tertiary/aromatic N) is 2. The van der Waals surface area contributed by atoms with Crippen LogP contribution >= 0.6 is 0 Å². The van der Waals surface area contributed by atoms with Gasteiger partial charge in [-0.25, -0.2) is 0 Å². The Hall–Kier alpha value is -4.89. The van der Waals surface area contributed by atoms with Crippen molar-refractivity contribution in [3.05, 3.63) is 139 Å². The molecule has 39 heavy (non-hydrogen) atoms. The van der Waals surface area contributed by atoms with Crippen molar-refractivity contribution in [2.24, 2.45) is 0 Å². The first-order valence-electron chi connectivity index (χ1n) is 13.5. The maximum absolute atomic E-state index is 4.34. The van der Waals surface area contributed by atoms with Crippen molar-refractivity contribution in [3.8, 4) is 44.5 Å². The molecule has 0 atom stereocenters. The average Bonchev–Trinajstić information content (AvgIpc) is 3.01. The number of para-hydroxylation sites is 2. The van der Waals surface area contributed by atoms with Crippen molar-refractivity contribution in [1.82, 2.24) is 4.98 Å². The maximum atomic E-state index is 4.34. The fourth-order valence-electron chi connectivity index (χ4n) is 6.48. The Kier molecular flexibility index (Phi) is 4.87. The van der Waals surface area contributed by atoms with Crippen LogP contribution in [0.1, 0.15) is 5.56 Å². The zero-order valence-corrected chi connectivity index (χ0v) is 21.7. The number of hydrogen-bond acceptors (Lipinski definition) is 2. The van der Waals surface area contributed by atoms with Gasteiger partial charge >= 0.3 is 6.85 Å². The molecule has 0 aliphatic carbocycles. The molecule has 1 aromatic heterocycles. The molecule has 182 valence electrons. The third kappa shape index (κ3) is 3.33. The van der Waals surface area contributed by atoms with E-state index in [2.05, 4.69) is 138 Å². The van der Waals surface area contributed by atoms with Crippen LogP contribution < -0.4 is 15.7 Å². The van der Waals surface area contributed by atoms with E-state index in [1.54, 1.807) is 0 Å². The topological polar surface area (TPSA) is 16.1 Å². The van der Waals surface area contributed by atoms with Gasteiger partial charge in [-0.15, -0.1) is 0 Å². The van der Waals surface area contributed by atoms with Crippen LogP contribution in [0.15, 0.2) is 134 Å². The number of anilines is 2. The van der Waals surface area contributed by atoms with Crippen LogP contribution in [0.2, 0.25) is 0 Å². The molecule has 0 unspecified atom stereocenters. The summed E-state index contributed by atoms with van der Waals surface area (Å²) in [5, 5.41) is 0. The van der Waals surface area contributed by atoms with Gasteiger partial charge in [0.05, 0.1) is 0 Å². The normalized spacial score (nSPS) is 12.6. The Morgan fingerprint density at radius 2 is 1.10 bits per heavy atom. The highest BCUT2D eigenvalue weighted by atomic mass is 15.1. The van der Waals surface area contributed by atoms with Crippen LogP contribution in [0.4, 0.5) is 11.4 Å². The molecule has 0 bridgehead atoms. The predicted molar refractivity (Wildman–Crippen MR) is 164 cm³/mol. The summed E-state index contributed by atoms with van der Waals surface area (Å²) in [6.45, 7) is 2.25. The van der Waals surface area contributed by atoms with Crippen molar-refractivity contribution in [2.45, 2.75) is 6.92 Å². The third-order valence-electron chi connectivity index (χ3n) is 8.34. The highest BCUT2D eigenvalue weighted by molar-refractivity contribution is 6.92. The molecule has 0 amide bonds. The summed E-state index contributed by atoms with van der Waals surface area (Å²) in [6, 6.07) is 44.6. The monoisotopic (exact) mass is 496 g/mol. The molecule has 0 fully saturated rings. The van der Waals surface area contributed by atoms with Crippen LogP contribution in [-0.2, 0) is 0 Å². The molecule has 0 N–H and O–H groups in total. The van der Waals surface area contributed by atoms with E-state index >= 15 is 0 Å². The fourth-order valence-corrected chi connectivity index (χ4v) is 6.48. The van der Waals surface area contributed by atoms with Crippen molar-refractivity contribution in [3.63, 3.8) is 0 Å². The Bertz CT molecular complexity index is 1890. The second kappa shape index (κ2) is 8.57. The number of aryl methyl sites for hydroxylation is 1. The minimum absolute atomic E-state index is 0.110. The van der Waals surface area contributed by atoms with Gasteiger partial charge < -0.3 is 4.81 Å². The van der Waals surface area contributed by atoms with Crippen molar-refractivity contribution in [1.29, 1.82) is 0 Å². The van der Waals surface area contributed by atoms with E-state index in [0.29, 0.717) is 0 Å². The Morgan fingerprint density at radius 3 is 1.82 bits per heavy atom. The first-order valence-corrected chi connectivity index (χ1v) is 13.5. The van der Waals surface area contributed by atoms with Gasteiger partial charge in [0, 0.05) is 40.5 Å². The number of aromatic nitrogens is 1. The lowest BCUT2D eigenvalue weighted by Gasteiger charge is -2.43.